The molecular weight excluding hydrogens is 304 g/mol. The number of ether oxygens (including phenoxy) is 2. The first-order valence-corrected chi connectivity index (χ1v) is 7.96. The van der Waals surface area contributed by atoms with Crippen molar-refractivity contribution in [2.24, 2.45) is 4.99 Å². The van der Waals surface area contributed by atoms with E-state index in [-0.39, 0.29) is 5.97 Å². The Morgan fingerprint density at radius 2 is 1.96 bits per heavy atom. The lowest BCUT2D eigenvalue weighted by Gasteiger charge is -2.10. The molecule has 0 atom stereocenters. The minimum Gasteiger partial charge on any atom is -0.496 e. The van der Waals surface area contributed by atoms with E-state index in [1.165, 1.54) is 12.7 Å². The summed E-state index contributed by atoms with van der Waals surface area (Å²) in [6.45, 7) is 1.77. The highest BCUT2D eigenvalue weighted by Crippen LogP contribution is 2.18. The lowest BCUT2D eigenvalue weighted by molar-refractivity contribution is 0.0498. The average Bonchev–Trinajstić information content (AvgIpc) is 3.04. The number of nitrogens with zero attached hydrogens (tertiary/aromatic N) is 1. The van der Waals surface area contributed by atoms with Crippen molar-refractivity contribution >= 4 is 11.8 Å². The lowest BCUT2D eigenvalue weighted by Crippen LogP contribution is -2.25. The highest BCUT2D eigenvalue weighted by atomic mass is 16.5. The van der Waals surface area contributed by atoms with Gasteiger partial charge in [-0.3, -0.25) is 4.99 Å². The van der Waals surface area contributed by atoms with Crippen LogP contribution in [0, 0.1) is 0 Å². The molecule has 0 aromatic heterocycles. The summed E-state index contributed by atoms with van der Waals surface area (Å²) in [5, 5.41) is 3.31. The smallest absolute Gasteiger partial charge is 0.341 e. The summed E-state index contributed by atoms with van der Waals surface area (Å²) in [4.78, 5) is 16.5. The molecule has 2 aromatic rings. The molecule has 24 heavy (non-hydrogen) atoms. The van der Waals surface area contributed by atoms with Gasteiger partial charge in [-0.05, 0) is 24.1 Å². The van der Waals surface area contributed by atoms with Gasteiger partial charge in [-0.15, -0.1) is 0 Å². The number of aliphatic imine (C=N–C) groups is 1. The molecule has 0 aliphatic carbocycles. The predicted molar refractivity (Wildman–Crippen MR) is 92.6 cm³/mol. The van der Waals surface area contributed by atoms with Gasteiger partial charge < -0.3 is 14.8 Å². The zero-order valence-electron chi connectivity index (χ0n) is 13.6. The highest BCUT2D eigenvalue weighted by molar-refractivity contribution is 6.01. The summed E-state index contributed by atoms with van der Waals surface area (Å²) >= 11 is 0. The fourth-order valence-electron chi connectivity index (χ4n) is 2.62. The molecule has 0 fully saturated rings. The third-order valence-corrected chi connectivity index (χ3v) is 3.85. The van der Waals surface area contributed by atoms with Crippen LogP contribution in [0.4, 0.5) is 0 Å². The van der Waals surface area contributed by atoms with Crippen LogP contribution in [0.3, 0.4) is 0 Å². The molecule has 1 heterocycles. The van der Waals surface area contributed by atoms with Crippen molar-refractivity contribution in [3.05, 3.63) is 65.2 Å². The predicted octanol–water partition coefficient (Wildman–Crippen LogP) is 2.79. The molecule has 3 rings (SSSR count). The first-order chi connectivity index (χ1) is 11.8. The van der Waals surface area contributed by atoms with Gasteiger partial charge in [0.05, 0.1) is 20.3 Å². The number of methoxy groups -OCH3 is 1. The van der Waals surface area contributed by atoms with Gasteiger partial charge in [-0.25, -0.2) is 4.79 Å². The normalized spacial score (nSPS) is 12.3. The molecule has 124 valence electrons. The van der Waals surface area contributed by atoms with Crippen molar-refractivity contribution < 1.29 is 14.3 Å². The van der Waals surface area contributed by atoms with E-state index in [0.29, 0.717) is 30.9 Å². The van der Waals surface area contributed by atoms with Gasteiger partial charge in [0.1, 0.15) is 17.1 Å². The van der Waals surface area contributed by atoms with E-state index in [1.807, 2.05) is 18.2 Å². The fraction of sp³-hybridized carbons (Fsp3) is 0.263. The van der Waals surface area contributed by atoms with E-state index >= 15 is 0 Å². The van der Waals surface area contributed by atoms with Crippen molar-refractivity contribution in [3.63, 3.8) is 0 Å². The standard InChI is InChI=1S/C19H20N2O3/c1-23-17-10-5-4-9-16(17)19(22)24-12-6-11-20-18-15-8-3-2-7-14(15)13-21-18/h2-5,7-10H,6,11-13H2,1H3,(H,20,21). The summed E-state index contributed by atoms with van der Waals surface area (Å²) in [6, 6.07) is 15.2. The molecule has 0 spiro atoms. The van der Waals surface area contributed by atoms with Crippen molar-refractivity contribution in [1.82, 2.24) is 5.32 Å². The van der Waals surface area contributed by atoms with Crippen molar-refractivity contribution in [2.45, 2.75) is 13.0 Å². The van der Waals surface area contributed by atoms with Crippen LogP contribution < -0.4 is 10.1 Å². The molecule has 1 aliphatic rings. The Kier molecular flexibility index (Phi) is 5.11. The number of carbonyl (C=O) groups excluding carboxylic acids is 1. The Morgan fingerprint density at radius 3 is 2.83 bits per heavy atom. The summed E-state index contributed by atoms with van der Waals surface area (Å²) in [6.07, 6.45) is 0.710. The maximum Gasteiger partial charge on any atom is 0.341 e. The van der Waals surface area contributed by atoms with E-state index in [9.17, 15) is 4.79 Å². The van der Waals surface area contributed by atoms with Gasteiger partial charge in [-0.2, -0.15) is 0 Å². The quantitative estimate of drug-likeness (QED) is 0.656. The van der Waals surface area contributed by atoms with Crippen molar-refractivity contribution in [2.75, 3.05) is 20.3 Å². The number of hydrogen-bond donors (Lipinski definition) is 1. The minimum atomic E-state index is -0.365. The van der Waals surface area contributed by atoms with Crippen LogP contribution in [0.15, 0.2) is 53.5 Å². The Balaban J connectivity index is 1.43. The van der Waals surface area contributed by atoms with Crippen LogP contribution in [0.25, 0.3) is 0 Å². The van der Waals surface area contributed by atoms with E-state index in [4.69, 9.17) is 9.47 Å². The first kappa shape index (κ1) is 16.1. The van der Waals surface area contributed by atoms with Gasteiger partial charge in [0.15, 0.2) is 0 Å². The second-order valence-corrected chi connectivity index (χ2v) is 5.44. The monoisotopic (exact) mass is 324 g/mol. The number of benzene rings is 2. The molecule has 0 saturated carbocycles. The zero-order chi connectivity index (χ0) is 16.8. The Labute approximate surface area is 141 Å². The van der Waals surface area contributed by atoms with E-state index in [1.54, 1.807) is 18.2 Å². The molecule has 1 aliphatic heterocycles. The number of rotatable bonds is 6. The molecule has 1 N–H and O–H groups in total. The van der Waals surface area contributed by atoms with Crippen LogP contribution in [0.2, 0.25) is 0 Å². The van der Waals surface area contributed by atoms with Crippen LogP contribution in [0.1, 0.15) is 27.9 Å². The Hall–Kier alpha value is -2.82. The molecule has 0 radical (unpaired) electrons. The second-order valence-electron chi connectivity index (χ2n) is 5.44. The van der Waals surface area contributed by atoms with Gasteiger partial charge in [0.2, 0.25) is 0 Å². The second kappa shape index (κ2) is 7.64. The molecule has 2 aromatic carbocycles. The SMILES string of the molecule is COc1ccccc1C(=O)OCCCNC1=NCc2ccccc21. The van der Waals surface area contributed by atoms with Gasteiger partial charge in [0.25, 0.3) is 0 Å². The summed E-state index contributed by atoms with van der Waals surface area (Å²) in [7, 11) is 1.54. The summed E-state index contributed by atoms with van der Waals surface area (Å²) < 4.78 is 10.5. The molecule has 0 unspecified atom stereocenters. The maximum absolute atomic E-state index is 12.1. The molecule has 5 nitrogen and oxygen atoms in total. The third kappa shape index (κ3) is 3.56. The Morgan fingerprint density at radius 1 is 1.17 bits per heavy atom. The molecule has 0 saturated heterocycles. The highest BCUT2D eigenvalue weighted by Gasteiger charge is 2.15. The van der Waals surface area contributed by atoms with Crippen LogP contribution in [0.5, 0.6) is 5.75 Å². The molecular formula is C19H20N2O3. The van der Waals surface area contributed by atoms with Gasteiger partial charge in [-0.1, -0.05) is 36.4 Å². The number of carbonyl (C=O) groups is 1. The number of nitrogens with one attached hydrogen (secondary N) is 1. The average molecular weight is 324 g/mol. The van der Waals surface area contributed by atoms with E-state index < -0.39 is 0 Å². The number of fused-ring (bicyclic) bond motifs is 1. The van der Waals surface area contributed by atoms with Crippen molar-refractivity contribution in [3.8, 4) is 5.75 Å². The van der Waals surface area contributed by atoms with Crippen molar-refractivity contribution in [1.29, 1.82) is 0 Å². The van der Waals surface area contributed by atoms with Gasteiger partial charge in [0, 0.05) is 12.1 Å². The number of para-hydroxylation sites is 1. The van der Waals surface area contributed by atoms with Gasteiger partial charge >= 0.3 is 5.97 Å². The summed E-state index contributed by atoms with van der Waals surface area (Å²) in [5.74, 6) is 1.08. The maximum atomic E-state index is 12.1. The number of esters is 1. The minimum absolute atomic E-state index is 0.346. The van der Waals surface area contributed by atoms with Crippen LogP contribution in [-0.2, 0) is 11.3 Å². The van der Waals surface area contributed by atoms with Crippen LogP contribution in [-0.4, -0.2) is 32.1 Å². The fourth-order valence-corrected chi connectivity index (χ4v) is 2.62. The Bertz CT molecular complexity index is 756. The molecule has 5 heteroatoms. The largest absolute Gasteiger partial charge is 0.496 e. The van der Waals surface area contributed by atoms with E-state index in [0.717, 1.165) is 17.9 Å². The van der Waals surface area contributed by atoms with E-state index in [2.05, 4.69) is 22.4 Å². The topological polar surface area (TPSA) is 59.9 Å². The number of hydrogen-bond acceptors (Lipinski definition) is 5. The lowest BCUT2D eigenvalue weighted by atomic mass is 10.1. The zero-order valence-corrected chi connectivity index (χ0v) is 13.6. The van der Waals surface area contributed by atoms with Crippen LogP contribution >= 0.6 is 0 Å². The molecule has 0 amide bonds. The molecule has 0 bridgehead atoms. The summed E-state index contributed by atoms with van der Waals surface area (Å²) in [5.41, 5.74) is 2.84. The first-order valence-electron chi connectivity index (χ1n) is 7.96. The third-order valence-electron chi connectivity index (χ3n) is 3.85. The number of amidine groups is 1.